The predicted molar refractivity (Wildman–Crippen MR) is 86.7 cm³/mol. The zero-order valence-corrected chi connectivity index (χ0v) is 13.0. The largest absolute Gasteiger partial charge is 0.369 e. The Balaban J connectivity index is 1.87. The lowest BCUT2D eigenvalue weighted by molar-refractivity contribution is -0.122. The summed E-state index contributed by atoms with van der Waals surface area (Å²) in [5, 5.41) is 3.45. The van der Waals surface area contributed by atoms with Crippen molar-refractivity contribution in [1.29, 1.82) is 0 Å². The van der Waals surface area contributed by atoms with Crippen molar-refractivity contribution in [2.75, 3.05) is 44.2 Å². The second-order valence-corrected chi connectivity index (χ2v) is 5.61. The average Bonchev–Trinajstić information content (AvgIpc) is 2.48. The van der Waals surface area contributed by atoms with Gasteiger partial charge in [-0.15, -0.1) is 6.42 Å². The number of halogens is 1. The fourth-order valence-corrected chi connectivity index (χ4v) is 2.65. The molecule has 0 unspecified atom stereocenters. The Labute approximate surface area is 131 Å². The minimum atomic E-state index is -0.0136. The van der Waals surface area contributed by atoms with Crippen LogP contribution >= 0.6 is 11.6 Å². The summed E-state index contributed by atoms with van der Waals surface area (Å²) in [6, 6.07) is 5.95. The third-order valence-electron chi connectivity index (χ3n) is 3.64. The third-order valence-corrected chi connectivity index (χ3v) is 3.87. The minimum absolute atomic E-state index is 0.0136. The molecule has 1 heterocycles. The first-order chi connectivity index (χ1) is 10.1. The number of carbonyl (C=O) groups excluding carboxylic acids is 1. The van der Waals surface area contributed by atoms with E-state index in [-0.39, 0.29) is 5.91 Å². The topological polar surface area (TPSA) is 35.6 Å². The number of rotatable bonds is 4. The molecule has 2 rings (SSSR count). The zero-order valence-electron chi connectivity index (χ0n) is 12.2. The molecule has 1 aromatic rings. The summed E-state index contributed by atoms with van der Waals surface area (Å²) in [6.45, 7) is 6.29. The van der Waals surface area contributed by atoms with E-state index in [1.807, 2.05) is 18.2 Å². The molecule has 21 heavy (non-hydrogen) atoms. The summed E-state index contributed by atoms with van der Waals surface area (Å²) < 4.78 is 0. The summed E-state index contributed by atoms with van der Waals surface area (Å²) in [6.07, 6.45) is 5.12. The van der Waals surface area contributed by atoms with Gasteiger partial charge in [0, 0.05) is 36.9 Å². The molecule has 0 bridgehead atoms. The number of anilines is 1. The van der Waals surface area contributed by atoms with Crippen LogP contribution in [0.15, 0.2) is 18.2 Å². The van der Waals surface area contributed by atoms with E-state index in [0.29, 0.717) is 13.1 Å². The second-order valence-electron chi connectivity index (χ2n) is 5.17. The molecule has 0 saturated carbocycles. The van der Waals surface area contributed by atoms with Crippen LogP contribution in [0.4, 0.5) is 5.69 Å². The van der Waals surface area contributed by atoms with Gasteiger partial charge in [0.1, 0.15) is 0 Å². The molecule has 1 aliphatic heterocycles. The molecule has 1 aliphatic rings. The number of amides is 1. The van der Waals surface area contributed by atoms with Gasteiger partial charge in [0.15, 0.2) is 0 Å². The average molecular weight is 306 g/mol. The van der Waals surface area contributed by atoms with Gasteiger partial charge in [-0.05, 0) is 24.6 Å². The number of carbonyl (C=O) groups is 1. The van der Waals surface area contributed by atoms with Crippen LogP contribution in [0, 0.1) is 19.3 Å². The van der Waals surface area contributed by atoms with Crippen LogP contribution < -0.4 is 10.2 Å². The van der Waals surface area contributed by atoms with Crippen LogP contribution in [0.25, 0.3) is 0 Å². The molecule has 0 atom stereocenters. The van der Waals surface area contributed by atoms with Crippen molar-refractivity contribution in [1.82, 2.24) is 10.2 Å². The molecule has 1 N–H and O–H groups in total. The van der Waals surface area contributed by atoms with Crippen LogP contribution in [-0.4, -0.2) is 50.1 Å². The number of nitrogens with one attached hydrogen (secondary N) is 1. The number of hydrogen-bond acceptors (Lipinski definition) is 3. The number of terminal acetylenes is 1. The van der Waals surface area contributed by atoms with Crippen molar-refractivity contribution in [3.63, 3.8) is 0 Å². The Morgan fingerprint density at radius 3 is 2.76 bits per heavy atom. The first-order valence-corrected chi connectivity index (χ1v) is 7.41. The summed E-state index contributed by atoms with van der Waals surface area (Å²) in [5.74, 6) is 2.39. The molecule has 0 radical (unpaired) electrons. The highest BCUT2D eigenvalue weighted by atomic mass is 35.5. The molecule has 5 heteroatoms. The van der Waals surface area contributed by atoms with Crippen LogP contribution in [-0.2, 0) is 4.79 Å². The highest BCUT2D eigenvalue weighted by molar-refractivity contribution is 6.30. The van der Waals surface area contributed by atoms with Crippen molar-refractivity contribution >= 4 is 23.2 Å². The Morgan fingerprint density at radius 2 is 2.10 bits per heavy atom. The second kappa shape index (κ2) is 7.35. The quantitative estimate of drug-likeness (QED) is 0.857. The summed E-state index contributed by atoms with van der Waals surface area (Å²) >= 11 is 6.08. The maximum absolute atomic E-state index is 11.6. The Bertz CT molecular complexity index is 545. The molecule has 1 fully saturated rings. The van der Waals surface area contributed by atoms with E-state index in [0.717, 1.165) is 31.2 Å². The highest BCUT2D eigenvalue weighted by Crippen LogP contribution is 2.25. The standard InChI is InChI=1S/C16H20ClN3O/c1-3-6-18-16(21)12-19-7-9-20(10-8-19)15-11-14(17)5-4-13(15)2/h1,4-5,11H,6-10,12H2,2H3,(H,18,21). The van der Waals surface area contributed by atoms with Crippen LogP contribution in [0.2, 0.25) is 5.02 Å². The summed E-state index contributed by atoms with van der Waals surface area (Å²) in [7, 11) is 0. The Kier molecular flexibility index (Phi) is 5.49. The van der Waals surface area contributed by atoms with Gasteiger partial charge < -0.3 is 10.2 Å². The van der Waals surface area contributed by atoms with Crippen molar-refractivity contribution in [2.24, 2.45) is 0 Å². The van der Waals surface area contributed by atoms with E-state index < -0.39 is 0 Å². The van der Waals surface area contributed by atoms with Gasteiger partial charge in [-0.1, -0.05) is 23.6 Å². The van der Waals surface area contributed by atoms with Gasteiger partial charge in [0.05, 0.1) is 13.1 Å². The van der Waals surface area contributed by atoms with Crippen molar-refractivity contribution < 1.29 is 4.79 Å². The predicted octanol–water partition coefficient (Wildman–Crippen LogP) is 1.52. The lowest BCUT2D eigenvalue weighted by Crippen LogP contribution is -2.49. The van der Waals surface area contributed by atoms with Gasteiger partial charge in [-0.25, -0.2) is 0 Å². The molecule has 112 valence electrons. The third kappa shape index (κ3) is 4.38. The maximum Gasteiger partial charge on any atom is 0.234 e. The number of aryl methyl sites for hydroxylation is 1. The molecule has 0 aromatic heterocycles. The molecule has 1 amide bonds. The van der Waals surface area contributed by atoms with Gasteiger partial charge >= 0.3 is 0 Å². The summed E-state index contributed by atoms with van der Waals surface area (Å²) in [4.78, 5) is 16.1. The minimum Gasteiger partial charge on any atom is -0.369 e. The molecule has 1 saturated heterocycles. The van der Waals surface area contributed by atoms with Gasteiger partial charge in [0.2, 0.25) is 5.91 Å². The number of piperazine rings is 1. The Hall–Kier alpha value is -1.70. The first kappa shape index (κ1) is 15.7. The fourth-order valence-electron chi connectivity index (χ4n) is 2.48. The highest BCUT2D eigenvalue weighted by Gasteiger charge is 2.20. The van der Waals surface area contributed by atoms with E-state index in [1.54, 1.807) is 0 Å². The van der Waals surface area contributed by atoms with E-state index in [2.05, 4.69) is 28.0 Å². The zero-order chi connectivity index (χ0) is 15.2. The molecular weight excluding hydrogens is 286 g/mol. The van der Waals surface area contributed by atoms with Crippen molar-refractivity contribution in [2.45, 2.75) is 6.92 Å². The van der Waals surface area contributed by atoms with Crippen molar-refractivity contribution in [3.8, 4) is 12.3 Å². The smallest absolute Gasteiger partial charge is 0.234 e. The molecule has 4 nitrogen and oxygen atoms in total. The number of nitrogens with zero attached hydrogens (tertiary/aromatic N) is 2. The van der Waals surface area contributed by atoms with E-state index in [4.69, 9.17) is 18.0 Å². The Morgan fingerprint density at radius 1 is 1.38 bits per heavy atom. The summed E-state index contributed by atoms with van der Waals surface area (Å²) in [5.41, 5.74) is 2.40. The maximum atomic E-state index is 11.6. The van der Waals surface area contributed by atoms with Gasteiger partial charge in [-0.2, -0.15) is 0 Å². The van der Waals surface area contributed by atoms with E-state index >= 15 is 0 Å². The lowest BCUT2D eigenvalue weighted by Gasteiger charge is -2.36. The van der Waals surface area contributed by atoms with Crippen LogP contribution in [0.3, 0.4) is 0 Å². The van der Waals surface area contributed by atoms with E-state index in [9.17, 15) is 4.79 Å². The SMILES string of the molecule is C#CCNC(=O)CN1CCN(c2cc(Cl)ccc2C)CC1. The lowest BCUT2D eigenvalue weighted by atomic mass is 10.1. The molecule has 1 aromatic carbocycles. The van der Waals surface area contributed by atoms with Gasteiger partial charge in [-0.3, -0.25) is 9.69 Å². The van der Waals surface area contributed by atoms with Crippen molar-refractivity contribution in [3.05, 3.63) is 28.8 Å². The molecular formula is C16H20ClN3O. The molecule has 0 spiro atoms. The molecule has 0 aliphatic carbocycles. The monoisotopic (exact) mass is 305 g/mol. The first-order valence-electron chi connectivity index (χ1n) is 7.04. The van der Waals surface area contributed by atoms with Crippen LogP contribution in [0.5, 0.6) is 0 Å². The van der Waals surface area contributed by atoms with E-state index in [1.165, 1.54) is 11.3 Å². The normalized spacial score (nSPS) is 15.6. The van der Waals surface area contributed by atoms with Crippen LogP contribution in [0.1, 0.15) is 5.56 Å². The number of hydrogen-bond donors (Lipinski definition) is 1. The number of benzene rings is 1. The fraction of sp³-hybridized carbons (Fsp3) is 0.438. The van der Waals surface area contributed by atoms with Gasteiger partial charge in [0.25, 0.3) is 0 Å².